The number of methoxy groups -OCH3 is 1. The molecule has 9 nitrogen and oxygen atoms in total. The van der Waals surface area contributed by atoms with Crippen LogP contribution in [0.2, 0.25) is 0 Å². The van der Waals surface area contributed by atoms with Crippen molar-refractivity contribution in [2.24, 2.45) is 0 Å². The van der Waals surface area contributed by atoms with Crippen molar-refractivity contribution in [1.82, 2.24) is 10.2 Å². The summed E-state index contributed by atoms with van der Waals surface area (Å²) in [6.45, 7) is 7.64. The smallest absolute Gasteiger partial charge is 0.332 e. The maximum Gasteiger partial charge on any atom is 0.332 e. The van der Waals surface area contributed by atoms with Crippen LogP contribution in [-0.2, 0) is 32.1 Å². The average molecular weight is 605 g/mol. The third kappa shape index (κ3) is 8.81. The molecule has 2 amide bonds. The molecule has 43 heavy (non-hydrogen) atoms. The number of rotatable bonds is 15. The molecule has 0 spiro atoms. The van der Waals surface area contributed by atoms with Crippen LogP contribution in [0.25, 0.3) is 0 Å². The van der Waals surface area contributed by atoms with Gasteiger partial charge in [0, 0.05) is 26.3 Å². The van der Waals surface area contributed by atoms with Crippen LogP contribution >= 0.6 is 0 Å². The Hall–Kier alpha value is -3.89. The average Bonchev–Trinajstić information content (AvgIpc) is 2.95. The number of urea groups is 1. The van der Waals surface area contributed by atoms with Gasteiger partial charge in [0.15, 0.2) is 5.54 Å². The van der Waals surface area contributed by atoms with Crippen LogP contribution in [0.4, 0.5) is 13.6 Å². The van der Waals surface area contributed by atoms with Crippen LogP contribution in [-0.4, -0.2) is 61.2 Å². The number of esters is 2. The largest absolute Gasteiger partial charge is 0.493 e. The summed E-state index contributed by atoms with van der Waals surface area (Å²) in [5, 5.41) is 2.58. The topological polar surface area (TPSA) is 103 Å². The molecule has 0 aliphatic heterocycles. The summed E-state index contributed by atoms with van der Waals surface area (Å²) < 4.78 is 49.7. The molecule has 1 saturated carbocycles. The SMILES string of the molecule is CCOc1cc(C(C)N(CCCCc2ccccc2)C(=O)NC2(C(=O)OC)CC(F)(F)C2)cc(OCC)c1COC(C)=O. The van der Waals surface area contributed by atoms with Crippen LogP contribution in [0.5, 0.6) is 11.5 Å². The summed E-state index contributed by atoms with van der Waals surface area (Å²) >= 11 is 0. The third-order valence-corrected chi connectivity index (χ3v) is 7.42. The number of benzene rings is 2. The molecule has 1 aliphatic rings. The fourth-order valence-corrected chi connectivity index (χ4v) is 5.26. The van der Waals surface area contributed by atoms with Gasteiger partial charge in [-0.05, 0) is 63.3 Å². The number of hydrogen-bond acceptors (Lipinski definition) is 7. The Kier molecular flexibility index (Phi) is 11.7. The number of aryl methyl sites for hydroxylation is 1. The molecule has 2 aromatic rings. The van der Waals surface area contributed by atoms with E-state index in [4.69, 9.17) is 18.9 Å². The molecule has 11 heteroatoms. The van der Waals surface area contributed by atoms with E-state index in [2.05, 4.69) is 5.32 Å². The molecule has 0 aromatic heterocycles. The number of unbranched alkanes of at least 4 members (excludes halogenated alkanes) is 1. The van der Waals surface area contributed by atoms with Gasteiger partial charge in [0.1, 0.15) is 18.1 Å². The maximum atomic E-state index is 14.0. The van der Waals surface area contributed by atoms with Gasteiger partial charge in [0.05, 0.1) is 31.9 Å². The first kappa shape index (κ1) is 33.6. The zero-order valence-electron chi connectivity index (χ0n) is 25.5. The van der Waals surface area contributed by atoms with Gasteiger partial charge in [-0.25, -0.2) is 18.4 Å². The highest BCUT2D eigenvalue weighted by Crippen LogP contribution is 2.46. The van der Waals surface area contributed by atoms with Crippen molar-refractivity contribution < 1.29 is 42.1 Å². The molecule has 1 fully saturated rings. The summed E-state index contributed by atoms with van der Waals surface area (Å²) in [6, 6.07) is 12.2. The van der Waals surface area contributed by atoms with E-state index in [1.807, 2.05) is 51.1 Å². The Morgan fingerprint density at radius 1 is 1.00 bits per heavy atom. The fourth-order valence-electron chi connectivity index (χ4n) is 5.26. The first-order chi connectivity index (χ1) is 20.4. The summed E-state index contributed by atoms with van der Waals surface area (Å²) in [5.41, 5.74) is 0.565. The Morgan fingerprint density at radius 2 is 1.60 bits per heavy atom. The lowest BCUT2D eigenvalue weighted by Crippen LogP contribution is -2.68. The molecule has 3 rings (SSSR count). The standard InChI is InChI=1S/C32H42F2N2O7/c1-6-41-27-17-25(18-28(42-7-2)26(27)19-43-23(4)37)22(3)36(16-12-11-15-24-13-9-8-10-14-24)30(39)35-31(29(38)40-5)20-32(33,34)21-31/h8-10,13-14,17-18,22H,6-7,11-12,15-16,19-21H2,1-5H3,(H,35,39). The first-order valence-electron chi connectivity index (χ1n) is 14.6. The third-order valence-electron chi connectivity index (χ3n) is 7.42. The number of alkyl halides is 2. The van der Waals surface area contributed by atoms with Gasteiger partial charge in [-0.2, -0.15) is 0 Å². The van der Waals surface area contributed by atoms with Gasteiger partial charge in [-0.3, -0.25) is 4.79 Å². The molecular formula is C32H42F2N2O7. The van der Waals surface area contributed by atoms with Crippen LogP contribution in [0.1, 0.15) is 76.1 Å². The van der Waals surface area contributed by atoms with Crippen molar-refractivity contribution in [3.05, 3.63) is 59.2 Å². The van der Waals surface area contributed by atoms with Crippen LogP contribution < -0.4 is 14.8 Å². The number of amides is 2. The predicted molar refractivity (Wildman–Crippen MR) is 156 cm³/mol. The molecule has 0 saturated heterocycles. The zero-order chi connectivity index (χ0) is 31.6. The summed E-state index contributed by atoms with van der Waals surface area (Å²) in [7, 11) is 1.11. The van der Waals surface area contributed by atoms with E-state index in [1.54, 1.807) is 12.1 Å². The second-order valence-electron chi connectivity index (χ2n) is 10.7. The monoisotopic (exact) mass is 604 g/mol. The lowest BCUT2D eigenvalue weighted by molar-refractivity contribution is -0.178. The molecule has 1 N–H and O–H groups in total. The number of hydrogen-bond donors (Lipinski definition) is 1. The lowest BCUT2D eigenvalue weighted by atomic mass is 9.73. The second-order valence-corrected chi connectivity index (χ2v) is 10.7. The highest BCUT2D eigenvalue weighted by Gasteiger charge is 2.63. The van der Waals surface area contributed by atoms with E-state index in [-0.39, 0.29) is 13.2 Å². The van der Waals surface area contributed by atoms with E-state index >= 15 is 0 Å². The van der Waals surface area contributed by atoms with E-state index in [1.165, 1.54) is 17.4 Å². The fraction of sp³-hybridized carbons (Fsp3) is 0.531. The summed E-state index contributed by atoms with van der Waals surface area (Å²) in [4.78, 5) is 39.4. The van der Waals surface area contributed by atoms with Gasteiger partial charge < -0.3 is 29.2 Å². The van der Waals surface area contributed by atoms with E-state index < -0.39 is 48.3 Å². The van der Waals surface area contributed by atoms with Crippen molar-refractivity contribution >= 4 is 18.0 Å². The predicted octanol–water partition coefficient (Wildman–Crippen LogP) is 5.98. The number of carbonyl (C=O) groups excluding carboxylic acids is 3. The molecule has 0 heterocycles. The van der Waals surface area contributed by atoms with Gasteiger partial charge >= 0.3 is 18.0 Å². The van der Waals surface area contributed by atoms with Crippen molar-refractivity contribution in [3.63, 3.8) is 0 Å². The Labute approximate surface area is 251 Å². The Balaban J connectivity index is 1.93. The van der Waals surface area contributed by atoms with Crippen molar-refractivity contribution in [3.8, 4) is 11.5 Å². The molecule has 0 bridgehead atoms. The van der Waals surface area contributed by atoms with E-state index in [0.29, 0.717) is 42.3 Å². The summed E-state index contributed by atoms with van der Waals surface area (Å²) in [5.74, 6) is -3.57. The lowest BCUT2D eigenvalue weighted by Gasteiger charge is -2.46. The molecule has 1 atom stereocenters. The van der Waals surface area contributed by atoms with Crippen LogP contribution in [0, 0.1) is 0 Å². The molecule has 1 aliphatic carbocycles. The molecule has 2 aromatic carbocycles. The first-order valence-corrected chi connectivity index (χ1v) is 14.6. The van der Waals surface area contributed by atoms with Gasteiger partial charge in [0.25, 0.3) is 5.92 Å². The van der Waals surface area contributed by atoms with Crippen molar-refractivity contribution in [1.29, 1.82) is 0 Å². The Morgan fingerprint density at radius 3 is 2.12 bits per heavy atom. The molecule has 236 valence electrons. The maximum absolute atomic E-state index is 14.0. The Bertz CT molecular complexity index is 1220. The highest BCUT2D eigenvalue weighted by atomic mass is 19.3. The normalized spacial score (nSPS) is 15.4. The number of nitrogens with one attached hydrogen (secondary N) is 1. The number of ether oxygens (including phenoxy) is 4. The minimum atomic E-state index is -3.08. The minimum Gasteiger partial charge on any atom is -0.493 e. The van der Waals surface area contributed by atoms with Gasteiger partial charge in [-0.1, -0.05) is 30.3 Å². The number of nitrogens with zero attached hydrogens (tertiary/aromatic N) is 1. The van der Waals surface area contributed by atoms with Crippen molar-refractivity contribution in [2.75, 3.05) is 26.9 Å². The number of carbonyl (C=O) groups is 3. The minimum absolute atomic E-state index is 0.0613. The quantitative estimate of drug-likeness (QED) is 0.197. The summed E-state index contributed by atoms with van der Waals surface area (Å²) in [6.07, 6.45) is 0.535. The molecular weight excluding hydrogens is 562 g/mol. The molecule has 1 unspecified atom stereocenters. The van der Waals surface area contributed by atoms with Crippen LogP contribution in [0.15, 0.2) is 42.5 Å². The van der Waals surface area contributed by atoms with Gasteiger partial charge in [0.2, 0.25) is 0 Å². The number of halogens is 2. The van der Waals surface area contributed by atoms with E-state index in [0.717, 1.165) is 20.0 Å². The molecule has 0 radical (unpaired) electrons. The highest BCUT2D eigenvalue weighted by molar-refractivity contribution is 5.89. The second kappa shape index (κ2) is 15.0. The van der Waals surface area contributed by atoms with E-state index in [9.17, 15) is 23.2 Å². The van der Waals surface area contributed by atoms with Crippen molar-refractivity contribution in [2.45, 2.75) is 83.9 Å². The zero-order valence-corrected chi connectivity index (χ0v) is 25.5. The van der Waals surface area contributed by atoms with Gasteiger partial charge in [-0.15, -0.1) is 0 Å². The van der Waals surface area contributed by atoms with Crippen LogP contribution in [0.3, 0.4) is 0 Å².